The fraction of sp³-hybridized carbons (Fsp3) is 0.333. The number of carbonyl (C=O) groups is 2. The van der Waals surface area contributed by atoms with E-state index in [0.717, 1.165) is 5.56 Å². The van der Waals surface area contributed by atoms with E-state index in [1.165, 1.54) is 14.2 Å². The molecule has 2 N–H and O–H groups in total. The zero-order chi connectivity index (χ0) is 20.8. The zero-order valence-corrected chi connectivity index (χ0v) is 16.6. The van der Waals surface area contributed by atoms with E-state index >= 15 is 0 Å². The number of benzene rings is 2. The van der Waals surface area contributed by atoms with Gasteiger partial charge in [0.05, 0.1) is 26.8 Å². The highest BCUT2D eigenvalue weighted by atomic mass is 16.6. The lowest BCUT2D eigenvalue weighted by Gasteiger charge is -2.21. The summed E-state index contributed by atoms with van der Waals surface area (Å²) in [5, 5.41) is 5.46. The first kappa shape index (κ1) is 20.3. The normalized spacial score (nSPS) is 13.2. The highest BCUT2D eigenvalue weighted by Crippen LogP contribution is 2.32. The smallest absolute Gasteiger partial charge is 0.251 e. The molecule has 2 aromatic rings. The third kappa shape index (κ3) is 5.10. The van der Waals surface area contributed by atoms with Gasteiger partial charge in [0.15, 0.2) is 11.5 Å². The number of nitrogens with one attached hydrogen (secondary N) is 2. The lowest BCUT2D eigenvalue weighted by atomic mass is 10.1. The minimum absolute atomic E-state index is 0.159. The first-order valence-electron chi connectivity index (χ1n) is 9.20. The molecule has 1 unspecified atom stereocenters. The summed E-state index contributed by atoms with van der Waals surface area (Å²) in [6.07, 6.45) is 0. The second-order valence-electron chi connectivity index (χ2n) is 6.48. The van der Waals surface area contributed by atoms with Crippen molar-refractivity contribution in [3.8, 4) is 23.0 Å². The molecular formula is C21H24N2O6. The van der Waals surface area contributed by atoms with E-state index < -0.39 is 5.91 Å². The van der Waals surface area contributed by atoms with Gasteiger partial charge < -0.3 is 29.6 Å². The van der Waals surface area contributed by atoms with E-state index in [-0.39, 0.29) is 18.5 Å². The molecule has 8 nitrogen and oxygen atoms in total. The molecule has 0 saturated heterocycles. The van der Waals surface area contributed by atoms with Crippen LogP contribution in [0.2, 0.25) is 0 Å². The largest absolute Gasteiger partial charge is 0.497 e. The average molecular weight is 400 g/mol. The number of methoxy groups -OCH3 is 2. The van der Waals surface area contributed by atoms with Crippen molar-refractivity contribution in [3.63, 3.8) is 0 Å². The molecule has 154 valence electrons. The summed E-state index contributed by atoms with van der Waals surface area (Å²) in [7, 11) is 3.01. The second kappa shape index (κ2) is 9.18. The first-order valence-corrected chi connectivity index (χ1v) is 9.20. The highest BCUT2D eigenvalue weighted by molar-refractivity contribution is 5.97. The van der Waals surface area contributed by atoms with Crippen molar-refractivity contribution < 1.29 is 28.5 Å². The molecule has 0 fully saturated rings. The Morgan fingerprint density at radius 3 is 2.31 bits per heavy atom. The Kier molecular flexibility index (Phi) is 6.43. The van der Waals surface area contributed by atoms with Crippen LogP contribution in [0.5, 0.6) is 23.0 Å². The number of hydrogen-bond acceptors (Lipinski definition) is 6. The Morgan fingerprint density at radius 1 is 1.00 bits per heavy atom. The van der Waals surface area contributed by atoms with Gasteiger partial charge in [0.25, 0.3) is 5.91 Å². The van der Waals surface area contributed by atoms with Crippen LogP contribution in [0.25, 0.3) is 0 Å². The van der Waals surface area contributed by atoms with Crippen molar-refractivity contribution in [3.05, 3.63) is 47.5 Å². The minimum atomic E-state index is -0.399. The van der Waals surface area contributed by atoms with Crippen molar-refractivity contribution in [2.45, 2.75) is 13.0 Å². The molecule has 0 radical (unpaired) electrons. The van der Waals surface area contributed by atoms with Gasteiger partial charge in [-0.3, -0.25) is 9.59 Å². The van der Waals surface area contributed by atoms with E-state index in [9.17, 15) is 9.59 Å². The van der Waals surface area contributed by atoms with E-state index in [0.29, 0.717) is 41.8 Å². The van der Waals surface area contributed by atoms with Gasteiger partial charge in [0.1, 0.15) is 24.7 Å². The van der Waals surface area contributed by atoms with Crippen molar-refractivity contribution >= 4 is 11.8 Å². The predicted molar refractivity (Wildman–Crippen MR) is 106 cm³/mol. The summed E-state index contributed by atoms with van der Waals surface area (Å²) >= 11 is 0. The summed E-state index contributed by atoms with van der Waals surface area (Å²) < 4.78 is 21.4. The predicted octanol–water partition coefficient (Wildman–Crippen LogP) is 2.08. The van der Waals surface area contributed by atoms with Crippen LogP contribution < -0.4 is 29.6 Å². The third-order valence-corrected chi connectivity index (χ3v) is 4.47. The molecule has 0 saturated carbocycles. The maximum atomic E-state index is 12.4. The molecule has 0 bridgehead atoms. The van der Waals surface area contributed by atoms with Gasteiger partial charge in [0, 0.05) is 11.6 Å². The maximum Gasteiger partial charge on any atom is 0.251 e. The Morgan fingerprint density at radius 2 is 1.66 bits per heavy atom. The van der Waals surface area contributed by atoms with Crippen LogP contribution in [-0.4, -0.2) is 45.8 Å². The molecule has 8 heteroatoms. The quantitative estimate of drug-likeness (QED) is 0.739. The lowest BCUT2D eigenvalue weighted by Crippen LogP contribution is -2.38. The molecule has 0 aliphatic carbocycles. The van der Waals surface area contributed by atoms with Crippen LogP contribution in [0.1, 0.15) is 28.9 Å². The molecular weight excluding hydrogens is 376 g/mol. The summed E-state index contributed by atoms with van der Waals surface area (Å²) in [5.41, 5.74) is 1.22. The Hall–Kier alpha value is -3.42. The van der Waals surface area contributed by atoms with Crippen LogP contribution in [0.3, 0.4) is 0 Å². The van der Waals surface area contributed by atoms with Gasteiger partial charge in [-0.05, 0) is 36.8 Å². The molecule has 1 aliphatic rings. The Balaban J connectivity index is 1.56. The number of amides is 2. The number of carbonyl (C=O) groups excluding carboxylic acids is 2. The summed E-state index contributed by atoms with van der Waals surface area (Å²) in [6.45, 7) is 2.72. The van der Waals surface area contributed by atoms with Crippen LogP contribution in [0.4, 0.5) is 0 Å². The number of rotatable bonds is 7. The molecule has 2 amide bonds. The zero-order valence-electron chi connectivity index (χ0n) is 16.6. The van der Waals surface area contributed by atoms with E-state index in [4.69, 9.17) is 18.9 Å². The standard InChI is InChI=1S/C21H24N2O6/c1-13(14-4-5-18-19(10-14)29-7-6-28-18)23-20(24)12-22-21(25)15-8-16(26-2)11-17(9-15)27-3/h4-5,8-11,13H,6-7,12H2,1-3H3,(H,22,25)(H,23,24). The number of fused-ring (bicyclic) bond motifs is 1. The monoisotopic (exact) mass is 400 g/mol. The van der Waals surface area contributed by atoms with Crippen molar-refractivity contribution in [1.29, 1.82) is 0 Å². The van der Waals surface area contributed by atoms with Crippen LogP contribution in [-0.2, 0) is 4.79 Å². The van der Waals surface area contributed by atoms with Crippen molar-refractivity contribution in [1.82, 2.24) is 10.6 Å². The maximum absolute atomic E-state index is 12.4. The van der Waals surface area contributed by atoms with Crippen molar-refractivity contribution in [2.24, 2.45) is 0 Å². The highest BCUT2D eigenvalue weighted by Gasteiger charge is 2.17. The number of ether oxygens (including phenoxy) is 4. The summed E-state index contributed by atoms with van der Waals surface area (Å²) in [5.74, 6) is 1.63. The van der Waals surface area contributed by atoms with Crippen LogP contribution in [0.15, 0.2) is 36.4 Å². The molecule has 1 heterocycles. The van der Waals surface area contributed by atoms with Crippen molar-refractivity contribution in [2.75, 3.05) is 34.0 Å². The SMILES string of the molecule is COc1cc(OC)cc(C(=O)NCC(=O)NC(C)c2ccc3c(c2)OCCO3)c1. The topological polar surface area (TPSA) is 95.1 Å². The molecule has 29 heavy (non-hydrogen) atoms. The van der Waals surface area contributed by atoms with Gasteiger partial charge >= 0.3 is 0 Å². The van der Waals surface area contributed by atoms with Gasteiger partial charge in [-0.25, -0.2) is 0 Å². The third-order valence-electron chi connectivity index (χ3n) is 4.47. The number of hydrogen-bond donors (Lipinski definition) is 2. The van der Waals surface area contributed by atoms with Gasteiger partial charge in [0.2, 0.25) is 5.91 Å². The molecule has 0 aromatic heterocycles. The van der Waals surface area contributed by atoms with Gasteiger partial charge in [-0.2, -0.15) is 0 Å². The van der Waals surface area contributed by atoms with Crippen LogP contribution >= 0.6 is 0 Å². The summed E-state index contributed by atoms with van der Waals surface area (Å²) in [4.78, 5) is 24.6. The molecule has 3 rings (SSSR count). The summed E-state index contributed by atoms with van der Waals surface area (Å²) in [6, 6.07) is 10.1. The van der Waals surface area contributed by atoms with E-state index in [1.807, 2.05) is 25.1 Å². The average Bonchev–Trinajstić information content (AvgIpc) is 2.76. The molecule has 1 atom stereocenters. The fourth-order valence-corrected chi connectivity index (χ4v) is 2.91. The molecule has 0 spiro atoms. The second-order valence-corrected chi connectivity index (χ2v) is 6.48. The Bertz CT molecular complexity index is 876. The van der Waals surface area contributed by atoms with Crippen LogP contribution in [0, 0.1) is 0 Å². The van der Waals surface area contributed by atoms with Gasteiger partial charge in [-0.15, -0.1) is 0 Å². The van der Waals surface area contributed by atoms with E-state index in [2.05, 4.69) is 10.6 Å². The Labute approximate surface area is 169 Å². The van der Waals surface area contributed by atoms with E-state index in [1.54, 1.807) is 18.2 Å². The minimum Gasteiger partial charge on any atom is -0.497 e. The van der Waals surface area contributed by atoms with Gasteiger partial charge in [-0.1, -0.05) is 6.07 Å². The lowest BCUT2D eigenvalue weighted by molar-refractivity contribution is -0.120. The molecule has 1 aliphatic heterocycles. The molecule has 2 aromatic carbocycles. The fourth-order valence-electron chi connectivity index (χ4n) is 2.91. The first-order chi connectivity index (χ1) is 14.0.